The fourth-order valence-electron chi connectivity index (χ4n) is 2.46. The van der Waals surface area contributed by atoms with Gasteiger partial charge in [-0.3, -0.25) is 0 Å². The molecule has 1 fully saturated rings. The first-order valence-corrected chi connectivity index (χ1v) is 7.89. The van der Waals surface area contributed by atoms with Gasteiger partial charge in [0.2, 0.25) is 0 Å². The number of hydrogen-bond donors (Lipinski definition) is 3. The normalized spacial score (nSPS) is 15.8. The number of carbonyl (C=O) groups excluding carboxylic acids is 1. The lowest BCUT2D eigenvalue weighted by Gasteiger charge is -2.23. The van der Waals surface area contributed by atoms with Crippen LogP contribution in [0.2, 0.25) is 0 Å². The van der Waals surface area contributed by atoms with Crippen LogP contribution >= 0.6 is 0 Å². The van der Waals surface area contributed by atoms with Gasteiger partial charge < -0.3 is 20.5 Å². The molecule has 0 saturated heterocycles. The van der Waals surface area contributed by atoms with Crippen LogP contribution in [0.1, 0.15) is 45.1 Å². The van der Waals surface area contributed by atoms with Gasteiger partial charge in [-0.2, -0.15) is 0 Å². The topological polar surface area (TPSA) is 70.6 Å². The van der Waals surface area contributed by atoms with E-state index in [1.807, 2.05) is 24.3 Å². The predicted octanol–water partition coefficient (Wildman–Crippen LogP) is 3.04. The zero-order valence-electron chi connectivity index (χ0n) is 13.4. The van der Waals surface area contributed by atoms with Gasteiger partial charge in [-0.15, -0.1) is 0 Å². The Morgan fingerprint density at radius 3 is 2.50 bits per heavy atom. The molecule has 1 aliphatic rings. The van der Waals surface area contributed by atoms with E-state index < -0.39 is 5.54 Å². The largest absolute Gasteiger partial charge is 0.394 e. The Hall–Kier alpha value is -1.59. The average molecular weight is 306 g/mol. The molecule has 0 radical (unpaired) electrons. The molecule has 2 amide bonds. The number of anilines is 1. The second-order valence-electron chi connectivity index (χ2n) is 6.54. The van der Waals surface area contributed by atoms with E-state index in [0.717, 1.165) is 11.3 Å². The van der Waals surface area contributed by atoms with Gasteiger partial charge in [-0.05, 0) is 44.4 Å². The molecule has 0 aromatic heterocycles. The molecule has 0 spiro atoms. The van der Waals surface area contributed by atoms with Crippen LogP contribution in [-0.4, -0.2) is 29.4 Å². The number of carbonyl (C=O) groups is 1. The Balaban J connectivity index is 1.79. The van der Waals surface area contributed by atoms with E-state index in [9.17, 15) is 4.79 Å². The summed E-state index contributed by atoms with van der Waals surface area (Å²) in [6.07, 6.45) is 5.28. The van der Waals surface area contributed by atoms with Crippen LogP contribution in [0.4, 0.5) is 10.5 Å². The van der Waals surface area contributed by atoms with Crippen molar-refractivity contribution in [1.82, 2.24) is 5.32 Å². The first-order valence-electron chi connectivity index (χ1n) is 7.89. The fourth-order valence-corrected chi connectivity index (χ4v) is 2.46. The van der Waals surface area contributed by atoms with Crippen LogP contribution in [0.15, 0.2) is 24.3 Å². The minimum absolute atomic E-state index is 0.113. The number of hydrogen-bond acceptors (Lipinski definition) is 3. The Morgan fingerprint density at radius 1 is 1.27 bits per heavy atom. The monoisotopic (exact) mass is 306 g/mol. The zero-order valence-corrected chi connectivity index (χ0v) is 13.4. The first kappa shape index (κ1) is 16.8. The van der Waals surface area contributed by atoms with Crippen molar-refractivity contribution in [1.29, 1.82) is 0 Å². The standard InChI is InChI=1S/C17H26N2O3/c1-17(2,12-20)19-16(21)18-14-9-7-13(8-10-14)11-22-15-5-3-4-6-15/h7-10,15,20H,3-6,11-12H2,1-2H3,(H2,18,19,21). The molecule has 0 aliphatic heterocycles. The van der Waals surface area contributed by atoms with E-state index in [-0.39, 0.29) is 12.6 Å². The Kier molecular flexibility index (Phi) is 5.80. The van der Waals surface area contributed by atoms with Gasteiger partial charge in [0.05, 0.1) is 24.9 Å². The number of rotatable bonds is 6. The number of aliphatic hydroxyl groups excluding tert-OH is 1. The van der Waals surface area contributed by atoms with Crippen LogP contribution in [0, 0.1) is 0 Å². The van der Waals surface area contributed by atoms with E-state index in [4.69, 9.17) is 9.84 Å². The maximum Gasteiger partial charge on any atom is 0.319 e. The van der Waals surface area contributed by atoms with E-state index in [1.54, 1.807) is 13.8 Å². The average Bonchev–Trinajstić information content (AvgIpc) is 2.99. The van der Waals surface area contributed by atoms with E-state index >= 15 is 0 Å². The Morgan fingerprint density at radius 2 is 1.91 bits per heavy atom. The van der Waals surface area contributed by atoms with Crippen molar-refractivity contribution in [3.05, 3.63) is 29.8 Å². The molecule has 5 nitrogen and oxygen atoms in total. The molecule has 1 aromatic rings. The molecule has 22 heavy (non-hydrogen) atoms. The minimum atomic E-state index is -0.640. The van der Waals surface area contributed by atoms with Crippen molar-refractivity contribution in [2.24, 2.45) is 0 Å². The van der Waals surface area contributed by atoms with Crippen LogP contribution in [0.25, 0.3) is 0 Å². The predicted molar refractivity (Wildman–Crippen MR) is 86.8 cm³/mol. The van der Waals surface area contributed by atoms with Crippen molar-refractivity contribution in [2.45, 2.75) is 57.8 Å². The molecule has 1 aromatic carbocycles. The summed E-state index contributed by atoms with van der Waals surface area (Å²) in [6, 6.07) is 7.32. The zero-order chi connectivity index (χ0) is 16.0. The summed E-state index contributed by atoms with van der Waals surface area (Å²) in [4.78, 5) is 11.8. The number of benzene rings is 1. The summed E-state index contributed by atoms with van der Waals surface area (Å²) in [5, 5.41) is 14.6. The van der Waals surface area contributed by atoms with Gasteiger partial charge >= 0.3 is 6.03 Å². The number of urea groups is 1. The number of amides is 2. The highest BCUT2D eigenvalue weighted by atomic mass is 16.5. The molecular weight excluding hydrogens is 280 g/mol. The Bertz CT molecular complexity index is 479. The lowest BCUT2D eigenvalue weighted by atomic mass is 10.1. The maximum absolute atomic E-state index is 11.8. The molecule has 1 aliphatic carbocycles. The molecule has 0 atom stereocenters. The lowest BCUT2D eigenvalue weighted by Crippen LogP contribution is -2.48. The van der Waals surface area contributed by atoms with Crippen molar-refractivity contribution in [2.75, 3.05) is 11.9 Å². The third kappa shape index (κ3) is 5.31. The summed E-state index contributed by atoms with van der Waals surface area (Å²) in [6.45, 7) is 4.03. The van der Waals surface area contributed by atoms with Crippen LogP contribution < -0.4 is 10.6 Å². The third-order valence-corrected chi connectivity index (χ3v) is 3.85. The van der Waals surface area contributed by atoms with Gasteiger partial charge in [0, 0.05) is 5.69 Å². The lowest BCUT2D eigenvalue weighted by molar-refractivity contribution is 0.0457. The SMILES string of the molecule is CC(C)(CO)NC(=O)Nc1ccc(COC2CCCC2)cc1. The van der Waals surface area contributed by atoms with Gasteiger partial charge in [-0.1, -0.05) is 25.0 Å². The number of aliphatic hydroxyl groups is 1. The van der Waals surface area contributed by atoms with Crippen LogP contribution in [0.3, 0.4) is 0 Å². The quantitative estimate of drug-likeness (QED) is 0.756. The molecule has 0 unspecified atom stereocenters. The van der Waals surface area contributed by atoms with Crippen molar-refractivity contribution < 1.29 is 14.6 Å². The molecular formula is C17H26N2O3. The molecule has 5 heteroatoms. The highest BCUT2D eigenvalue weighted by Crippen LogP contribution is 2.22. The highest BCUT2D eigenvalue weighted by Gasteiger charge is 2.19. The van der Waals surface area contributed by atoms with Gasteiger partial charge in [-0.25, -0.2) is 4.79 Å². The highest BCUT2D eigenvalue weighted by molar-refractivity contribution is 5.89. The number of nitrogens with one attached hydrogen (secondary N) is 2. The summed E-state index contributed by atoms with van der Waals surface area (Å²) in [5.41, 5.74) is 1.18. The summed E-state index contributed by atoms with van der Waals surface area (Å²) >= 11 is 0. The first-order chi connectivity index (χ1) is 10.5. The third-order valence-electron chi connectivity index (χ3n) is 3.85. The van der Waals surface area contributed by atoms with Crippen molar-refractivity contribution >= 4 is 11.7 Å². The summed E-state index contributed by atoms with van der Waals surface area (Å²) < 4.78 is 5.86. The summed E-state index contributed by atoms with van der Waals surface area (Å²) in [7, 11) is 0. The van der Waals surface area contributed by atoms with Gasteiger partial charge in [0.25, 0.3) is 0 Å². The summed E-state index contributed by atoms with van der Waals surface area (Å²) in [5.74, 6) is 0. The van der Waals surface area contributed by atoms with Crippen LogP contribution in [-0.2, 0) is 11.3 Å². The molecule has 0 heterocycles. The smallest absolute Gasteiger partial charge is 0.319 e. The second kappa shape index (κ2) is 7.61. The molecule has 122 valence electrons. The molecule has 2 rings (SSSR count). The van der Waals surface area contributed by atoms with Crippen molar-refractivity contribution in [3.8, 4) is 0 Å². The second-order valence-corrected chi connectivity index (χ2v) is 6.54. The van der Waals surface area contributed by atoms with E-state index in [1.165, 1.54) is 25.7 Å². The molecule has 0 bridgehead atoms. The van der Waals surface area contributed by atoms with Crippen LogP contribution in [0.5, 0.6) is 0 Å². The Labute approximate surface area is 132 Å². The minimum Gasteiger partial charge on any atom is -0.394 e. The fraction of sp³-hybridized carbons (Fsp3) is 0.588. The molecule has 3 N–H and O–H groups in total. The van der Waals surface area contributed by atoms with Gasteiger partial charge in [0.1, 0.15) is 0 Å². The van der Waals surface area contributed by atoms with E-state index in [2.05, 4.69) is 10.6 Å². The van der Waals surface area contributed by atoms with Gasteiger partial charge in [0.15, 0.2) is 0 Å². The number of ether oxygens (including phenoxy) is 1. The van der Waals surface area contributed by atoms with E-state index in [0.29, 0.717) is 12.7 Å². The molecule has 1 saturated carbocycles. The maximum atomic E-state index is 11.8. The van der Waals surface area contributed by atoms with Crippen molar-refractivity contribution in [3.63, 3.8) is 0 Å².